The van der Waals surface area contributed by atoms with Crippen LogP contribution in [0, 0.1) is 6.42 Å². The van der Waals surface area contributed by atoms with Gasteiger partial charge in [0, 0.05) is 0 Å². The molecule has 0 saturated carbocycles. The average Bonchev–Trinajstić information content (AvgIpc) is 2.47. The van der Waals surface area contributed by atoms with E-state index in [2.05, 4.69) is 18.6 Å². The van der Waals surface area contributed by atoms with Crippen LogP contribution in [0.3, 0.4) is 0 Å². The van der Waals surface area contributed by atoms with E-state index in [0.29, 0.717) is 5.75 Å². The molecule has 2 rings (SSSR count). The molecule has 1 N–H and O–H groups in total. The van der Waals surface area contributed by atoms with Crippen molar-refractivity contribution in [2.75, 3.05) is 6.61 Å². The van der Waals surface area contributed by atoms with E-state index < -0.39 is 5.97 Å². The Hall–Kier alpha value is -2.29. The molecule has 0 amide bonds. The fraction of sp³-hybridized carbons (Fsp3) is 0.176. The van der Waals surface area contributed by atoms with E-state index >= 15 is 0 Å². The van der Waals surface area contributed by atoms with Gasteiger partial charge < -0.3 is 9.84 Å². The molecule has 3 nitrogen and oxygen atoms in total. The summed E-state index contributed by atoms with van der Waals surface area (Å²) in [7, 11) is 0. The molecule has 0 aromatic heterocycles. The lowest BCUT2D eigenvalue weighted by atomic mass is 10.0. The minimum Gasteiger partial charge on any atom is -0.482 e. The van der Waals surface area contributed by atoms with Gasteiger partial charge in [-0.2, -0.15) is 0 Å². The van der Waals surface area contributed by atoms with Gasteiger partial charge in [0.25, 0.3) is 0 Å². The number of aliphatic carboxylic acids is 1. The second-order valence-electron chi connectivity index (χ2n) is 4.48. The van der Waals surface area contributed by atoms with E-state index in [0.717, 1.165) is 18.4 Å². The van der Waals surface area contributed by atoms with Crippen molar-refractivity contribution >= 4 is 5.97 Å². The van der Waals surface area contributed by atoms with Crippen LogP contribution in [-0.4, -0.2) is 17.7 Å². The van der Waals surface area contributed by atoms with E-state index in [9.17, 15) is 4.79 Å². The highest BCUT2D eigenvalue weighted by molar-refractivity contribution is 5.68. The molecule has 0 fully saturated rings. The smallest absolute Gasteiger partial charge is 0.341 e. The van der Waals surface area contributed by atoms with E-state index in [1.165, 1.54) is 5.56 Å². The van der Waals surface area contributed by atoms with Crippen LogP contribution < -0.4 is 4.74 Å². The van der Waals surface area contributed by atoms with Gasteiger partial charge in [0.1, 0.15) is 5.75 Å². The molecule has 0 bridgehead atoms. The van der Waals surface area contributed by atoms with Crippen molar-refractivity contribution in [1.82, 2.24) is 0 Å². The minimum atomic E-state index is -0.969. The largest absolute Gasteiger partial charge is 0.482 e. The van der Waals surface area contributed by atoms with Crippen molar-refractivity contribution < 1.29 is 14.6 Å². The van der Waals surface area contributed by atoms with E-state index in [1.807, 2.05) is 36.4 Å². The first-order chi connectivity index (χ1) is 9.74. The van der Waals surface area contributed by atoms with Crippen LogP contribution in [0.25, 0.3) is 0 Å². The Morgan fingerprint density at radius 2 is 1.90 bits per heavy atom. The second kappa shape index (κ2) is 7.34. The maximum absolute atomic E-state index is 10.5. The zero-order chi connectivity index (χ0) is 14.2. The molecule has 0 aliphatic carbocycles. The molecule has 1 radical (unpaired) electrons. The lowest BCUT2D eigenvalue weighted by Crippen LogP contribution is -2.09. The fourth-order valence-electron chi connectivity index (χ4n) is 1.93. The van der Waals surface area contributed by atoms with Crippen LogP contribution in [0.1, 0.15) is 17.5 Å². The zero-order valence-corrected chi connectivity index (χ0v) is 11.2. The Balaban J connectivity index is 1.83. The van der Waals surface area contributed by atoms with Crippen LogP contribution in [0.4, 0.5) is 0 Å². The first-order valence-electron chi connectivity index (χ1n) is 6.56. The lowest BCUT2D eigenvalue weighted by Gasteiger charge is -2.06. The summed E-state index contributed by atoms with van der Waals surface area (Å²) in [5, 5.41) is 8.58. The van der Waals surface area contributed by atoms with Crippen molar-refractivity contribution in [3.8, 4) is 5.75 Å². The Labute approximate surface area is 118 Å². The summed E-state index contributed by atoms with van der Waals surface area (Å²) in [5.41, 5.74) is 2.35. The van der Waals surface area contributed by atoms with Gasteiger partial charge in [0.2, 0.25) is 0 Å². The second-order valence-corrected chi connectivity index (χ2v) is 4.48. The predicted molar refractivity (Wildman–Crippen MR) is 77.7 cm³/mol. The normalized spacial score (nSPS) is 10.2. The number of hydrogen-bond donors (Lipinski definition) is 1. The van der Waals surface area contributed by atoms with Crippen LogP contribution in [0.5, 0.6) is 5.75 Å². The highest BCUT2D eigenvalue weighted by Crippen LogP contribution is 2.16. The van der Waals surface area contributed by atoms with Crippen molar-refractivity contribution in [2.24, 2.45) is 0 Å². The van der Waals surface area contributed by atoms with Gasteiger partial charge >= 0.3 is 5.97 Å². The summed E-state index contributed by atoms with van der Waals surface area (Å²) >= 11 is 0. The van der Waals surface area contributed by atoms with Gasteiger partial charge in [-0.1, -0.05) is 42.5 Å². The molecule has 0 heterocycles. The molecule has 2 aromatic rings. The van der Waals surface area contributed by atoms with E-state index in [1.54, 1.807) is 6.07 Å². The summed E-state index contributed by atoms with van der Waals surface area (Å²) in [6, 6.07) is 17.8. The minimum absolute atomic E-state index is 0.312. The quantitative estimate of drug-likeness (QED) is 0.838. The summed E-state index contributed by atoms with van der Waals surface area (Å²) in [5.74, 6) is -0.385. The summed E-state index contributed by atoms with van der Waals surface area (Å²) in [4.78, 5) is 10.5. The molecule has 20 heavy (non-hydrogen) atoms. The van der Waals surface area contributed by atoms with Crippen molar-refractivity contribution in [2.45, 2.75) is 12.8 Å². The van der Waals surface area contributed by atoms with E-state index in [4.69, 9.17) is 9.84 Å². The van der Waals surface area contributed by atoms with Crippen molar-refractivity contribution in [1.29, 1.82) is 0 Å². The Morgan fingerprint density at radius 3 is 2.65 bits per heavy atom. The van der Waals surface area contributed by atoms with Crippen LogP contribution in [0.15, 0.2) is 54.6 Å². The maximum atomic E-state index is 10.5. The molecule has 0 aliphatic rings. The average molecular weight is 269 g/mol. The Bertz CT molecular complexity index is 549. The molecule has 0 spiro atoms. The highest BCUT2D eigenvalue weighted by Gasteiger charge is 2.01. The Morgan fingerprint density at radius 1 is 1.10 bits per heavy atom. The van der Waals surface area contributed by atoms with Gasteiger partial charge in [-0.05, 0) is 42.5 Å². The van der Waals surface area contributed by atoms with Crippen molar-refractivity contribution in [3.63, 3.8) is 0 Å². The summed E-state index contributed by atoms with van der Waals surface area (Å²) in [6.07, 6.45) is 4.05. The number of carbonyl (C=O) groups is 1. The number of carboxylic acids is 1. The molecular weight excluding hydrogens is 252 g/mol. The molecular formula is C17H17O3. The summed E-state index contributed by atoms with van der Waals surface area (Å²) in [6.45, 7) is -0.312. The van der Waals surface area contributed by atoms with Crippen LogP contribution >= 0.6 is 0 Å². The molecule has 103 valence electrons. The monoisotopic (exact) mass is 269 g/mol. The fourth-order valence-corrected chi connectivity index (χ4v) is 1.93. The van der Waals surface area contributed by atoms with Gasteiger partial charge in [0.15, 0.2) is 6.61 Å². The molecule has 0 aliphatic heterocycles. The standard InChI is InChI=1S/C17H17O3/c18-17(19)13-20-16-11-5-10-15(12-16)9-4-8-14-6-2-1-3-7-14/h1-3,5-7,9-12H,4,8,13H2,(H,18,19). The number of aryl methyl sites for hydroxylation is 1. The summed E-state index contributed by atoms with van der Waals surface area (Å²) < 4.78 is 5.15. The molecule has 3 heteroatoms. The predicted octanol–water partition coefficient (Wildman–Crippen LogP) is 3.34. The topological polar surface area (TPSA) is 46.5 Å². The number of benzene rings is 2. The van der Waals surface area contributed by atoms with Crippen LogP contribution in [-0.2, 0) is 11.2 Å². The number of rotatable bonds is 7. The molecule has 0 saturated heterocycles. The first kappa shape index (κ1) is 14.1. The highest BCUT2D eigenvalue weighted by atomic mass is 16.5. The lowest BCUT2D eigenvalue weighted by molar-refractivity contribution is -0.139. The third-order valence-electron chi connectivity index (χ3n) is 2.88. The number of hydrogen-bond acceptors (Lipinski definition) is 2. The number of ether oxygens (including phenoxy) is 1. The Kier molecular flexibility index (Phi) is 5.18. The maximum Gasteiger partial charge on any atom is 0.341 e. The zero-order valence-electron chi connectivity index (χ0n) is 11.2. The van der Waals surface area contributed by atoms with Gasteiger partial charge in [0.05, 0.1) is 0 Å². The van der Waals surface area contributed by atoms with Gasteiger partial charge in [-0.15, -0.1) is 0 Å². The van der Waals surface area contributed by atoms with Gasteiger partial charge in [-0.25, -0.2) is 4.79 Å². The number of carboxylic acid groups (broad SMARTS) is 1. The molecule has 2 aromatic carbocycles. The molecule has 0 unspecified atom stereocenters. The SMILES string of the molecule is O=C(O)COc1cccc([CH]CCc2ccccc2)c1. The third kappa shape index (κ3) is 4.76. The molecule has 0 atom stereocenters. The first-order valence-corrected chi connectivity index (χ1v) is 6.56. The van der Waals surface area contributed by atoms with E-state index in [-0.39, 0.29) is 6.61 Å². The van der Waals surface area contributed by atoms with Gasteiger partial charge in [-0.3, -0.25) is 0 Å². The third-order valence-corrected chi connectivity index (χ3v) is 2.88. The van der Waals surface area contributed by atoms with Crippen molar-refractivity contribution in [3.05, 3.63) is 72.1 Å². The van der Waals surface area contributed by atoms with Crippen LogP contribution in [0.2, 0.25) is 0 Å².